The van der Waals surface area contributed by atoms with E-state index in [4.69, 9.17) is 0 Å². The van der Waals surface area contributed by atoms with Crippen molar-refractivity contribution >= 4 is 17.2 Å². The van der Waals surface area contributed by atoms with Gasteiger partial charge in [0.15, 0.2) is 5.65 Å². The Hall–Kier alpha value is -3.71. The summed E-state index contributed by atoms with van der Waals surface area (Å²) in [6, 6.07) is 23.2. The van der Waals surface area contributed by atoms with Gasteiger partial charge in [-0.2, -0.15) is 0 Å². The van der Waals surface area contributed by atoms with Crippen molar-refractivity contribution in [2.45, 2.75) is 32.0 Å². The zero-order chi connectivity index (χ0) is 21.9. The van der Waals surface area contributed by atoms with Crippen molar-refractivity contribution in [2.24, 2.45) is 0 Å². The van der Waals surface area contributed by atoms with Crippen molar-refractivity contribution < 1.29 is 4.79 Å². The van der Waals surface area contributed by atoms with Crippen LogP contribution >= 0.6 is 0 Å². The lowest BCUT2D eigenvalue weighted by Gasteiger charge is -2.23. The fraction of sp³-hybridized carbons (Fsp3) is 0.240. The molecule has 5 rings (SSSR count). The molecule has 1 amide bonds. The number of hydrogen-bond acceptors (Lipinski definition) is 4. The molecule has 1 N–H and O–H groups in total. The fourth-order valence-electron chi connectivity index (χ4n) is 4.35. The van der Waals surface area contributed by atoms with E-state index in [1.54, 1.807) is 18.3 Å². The smallest absolute Gasteiger partial charge is 0.325 e. The van der Waals surface area contributed by atoms with E-state index < -0.39 is 0 Å². The summed E-state index contributed by atoms with van der Waals surface area (Å²) < 4.78 is 2.96. The Kier molecular flexibility index (Phi) is 5.56. The summed E-state index contributed by atoms with van der Waals surface area (Å²) in [5.74, 6) is 0.0143. The van der Waals surface area contributed by atoms with Gasteiger partial charge in [-0.15, -0.1) is 5.10 Å². The lowest BCUT2D eigenvalue weighted by atomic mass is 10.1. The first-order chi connectivity index (χ1) is 15.7. The standard InChI is InChI=1S/C25H25N5O2/c31-24(22-12-7-14-28(22)17-19-8-2-1-3-9-19)26-21-11-6-10-20(16-21)18-30-25(32)29-15-5-4-13-23(29)27-30/h1-6,8-11,13,15-16,22H,7,12,14,17-18H2,(H,26,31). The molecule has 4 aromatic rings. The van der Waals surface area contributed by atoms with E-state index >= 15 is 0 Å². The van der Waals surface area contributed by atoms with Gasteiger partial charge in [-0.05, 0) is 54.8 Å². The number of nitrogens with zero attached hydrogens (tertiary/aromatic N) is 4. The van der Waals surface area contributed by atoms with Crippen molar-refractivity contribution in [1.82, 2.24) is 19.1 Å². The van der Waals surface area contributed by atoms with Crippen LogP contribution in [0.5, 0.6) is 0 Å². The van der Waals surface area contributed by atoms with Crippen LogP contribution in [0.1, 0.15) is 24.0 Å². The number of amides is 1. The van der Waals surface area contributed by atoms with Gasteiger partial charge in [0.2, 0.25) is 5.91 Å². The number of carbonyl (C=O) groups excluding carboxylic acids is 1. The first-order valence-corrected chi connectivity index (χ1v) is 10.9. The average molecular weight is 428 g/mol. The van der Waals surface area contributed by atoms with Crippen LogP contribution in [0.25, 0.3) is 5.65 Å². The number of anilines is 1. The summed E-state index contributed by atoms with van der Waals surface area (Å²) in [7, 11) is 0. The van der Waals surface area contributed by atoms with Crippen LogP contribution in [0.3, 0.4) is 0 Å². The number of benzene rings is 2. The van der Waals surface area contributed by atoms with E-state index in [-0.39, 0.29) is 17.6 Å². The molecule has 1 aliphatic heterocycles. The first-order valence-electron chi connectivity index (χ1n) is 10.9. The molecule has 7 heteroatoms. The van der Waals surface area contributed by atoms with E-state index in [9.17, 15) is 9.59 Å². The first kappa shape index (κ1) is 20.2. The fourth-order valence-corrected chi connectivity index (χ4v) is 4.35. The van der Waals surface area contributed by atoms with Gasteiger partial charge in [0.05, 0.1) is 12.6 Å². The van der Waals surface area contributed by atoms with E-state index in [0.717, 1.165) is 37.2 Å². The maximum absolute atomic E-state index is 13.0. The quantitative estimate of drug-likeness (QED) is 0.513. The molecule has 3 heterocycles. The molecule has 0 spiro atoms. The molecule has 2 aromatic heterocycles. The molecule has 2 aromatic carbocycles. The van der Waals surface area contributed by atoms with Crippen LogP contribution in [0.4, 0.5) is 5.69 Å². The second kappa shape index (κ2) is 8.80. The molecule has 1 atom stereocenters. The molecule has 0 radical (unpaired) electrons. The minimum atomic E-state index is -0.183. The molecular weight excluding hydrogens is 402 g/mol. The highest BCUT2D eigenvalue weighted by molar-refractivity contribution is 5.95. The molecule has 162 valence electrons. The van der Waals surface area contributed by atoms with Crippen LogP contribution in [0.15, 0.2) is 83.8 Å². The molecule has 1 fully saturated rings. The number of carbonyl (C=O) groups is 1. The van der Waals surface area contributed by atoms with Crippen molar-refractivity contribution in [1.29, 1.82) is 0 Å². The number of likely N-dealkylation sites (tertiary alicyclic amines) is 1. The van der Waals surface area contributed by atoms with Crippen molar-refractivity contribution in [3.8, 4) is 0 Å². The van der Waals surface area contributed by atoms with Gasteiger partial charge in [-0.25, -0.2) is 9.48 Å². The monoisotopic (exact) mass is 427 g/mol. The molecule has 1 unspecified atom stereocenters. The van der Waals surface area contributed by atoms with Gasteiger partial charge in [-0.1, -0.05) is 48.5 Å². The van der Waals surface area contributed by atoms with Gasteiger partial charge in [0.1, 0.15) is 0 Å². The maximum Gasteiger partial charge on any atom is 0.350 e. The molecule has 1 aliphatic rings. The Balaban J connectivity index is 1.28. The third-order valence-corrected chi connectivity index (χ3v) is 5.91. The van der Waals surface area contributed by atoms with Crippen molar-refractivity contribution in [3.63, 3.8) is 0 Å². The summed E-state index contributed by atoms with van der Waals surface area (Å²) in [5.41, 5.74) is 3.28. The molecule has 0 aliphatic carbocycles. The van der Waals surface area contributed by atoms with Crippen LogP contribution in [-0.2, 0) is 17.9 Å². The third-order valence-electron chi connectivity index (χ3n) is 5.91. The van der Waals surface area contributed by atoms with Crippen LogP contribution in [0.2, 0.25) is 0 Å². The molecule has 7 nitrogen and oxygen atoms in total. The van der Waals surface area contributed by atoms with Crippen LogP contribution in [0, 0.1) is 0 Å². The van der Waals surface area contributed by atoms with E-state index in [1.165, 1.54) is 14.6 Å². The van der Waals surface area contributed by atoms with Gasteiger partial charge < -0.3 is 5.32 Å². The van der Waals surface area contributed by atoms with E-state index in [1.807, 2.05) is 48.5 Å². The highest BCUT2D eigenvalue weighted by Crippen LogP contribution is 2.22. The number of hydrogen-bond donors (Lipinski definition) is 1. The van der Waals surface area contributed by atoms with Gasteiger partial charge >= 0.3 is 5.69 Å². The molecule has 32 heavy (non-hydrogen) atoms. The second-order valence-electron chi connectivity index (χ2n) is 8.17. The SMILES string of the molecule is O=C(Nc1cccc(Cn2nc3ccccn3c2=O)c1)C1CCCN1Cc1ccccc1. The normalized spacial score (nSPS) is 16.4. The Labute approximate surface area is 185 Å². The zero-order valence-electron chi connectivity index (χ0n) is 17.7. The van der Waals surface area contributed by atoms with Gasteiger partial charge in [0.25, 0.3) is 0 Å². The van der Waals surface area contributed by atoms with Crippen molar-refractivity contribution in [3.05, 3.63) is 101 Å². The molecular formula is C25H25N5O2. The highest BCUT2D eigenvalue weighted by atomic mass is 16.2. The minimum absolute atomic E-state index is 0.0143. The summed E-state index contributed by atoms with van der Waals surface area (Å²) in [6.45, 7) is 2.04. The topological polar surface area (TPSA) is 71.6 Å². The van der Waals surface area contributed by atoms with Crippen LogP contribution in [-0.4, -0.2) is 37.6 Å². The van der Waals surface area contributed by atoms with E-state index in [2.05, 4.69) is 27.4 Å². The van der Waals surface area contributed by atoms with Crippen molar-refractivity contribution in [2.75, 3.05) is 11.9 Å². The largest absolute Gasteiger partial charge is 0.350 e. The predicted octanol–water partition coefficient (Wildman–Crippen LogP) is 3.15. The minimum Gasteiger partial charge on any atom is -0.325 e. The third kappa shape index (κ3) is 4.20. The number of fused-ring (bicyclic) bond motifs is 1. The molecule has 0 bridgehead atoms. The molecule has 1 saturated heterocycles. The number of pyridine rings is 1. The highest BCUT2D eigenvalue weighted by Gasteiger charge is 2.30. The zero-order valence-corrected chi connectivity index (χ0v) is 17.7. The van der Waals surface area contributed by atoms with Gasteiger partial charge in [-0.3, -0.25) is 14.1 Å². The summed E-state index contributed by atoms with van der Waals surface area (Å²) >= 11 is 0. The van der Waals surface area contributed by atoms with E-state index in [0.29, 0.717) is 12.2 Å². The Bertz CT molecular complexity index is 1290. The molecule has 0 saturated carbocycles. The predicted molar refractivity (Wildman–Crippen MR) is 123 cm³/mol. The second-order valence-corrected chi connectivity index (χ2v) is 8.17. The van der Waals surface area contributed by atoms with Crippen LogP contribution < -0.4 is 11.0 Å². The Morgan fingerprint density at radius 2 is 1.78 bits per heavy atom. The summed E-state index contributed by atoms with van der Waals surface area (Å²) in [6.07, 6.45) is 3.58. The lowest BCUT2D eigenvalue weighted by Crippen LogP contribution is -2.39. The number of rotatable bonds is 6. The summed E-state index contributed by atoms with van der Waals surface area (Å²) in [4.78, 5) is 27.8. The summed E-state index contributed by atoms with van der Waals surface area (Å²) in [5, 5.41) is 7.46. The number of nitrogens with one attached hydrogen (secondary N) is 1. The average Bonchev–Trinajstić information content (AvgIpc) is 3.39. The van der Waals surface area contributed by atoms with Gasteiger partial charge in [0, 0.05) is 18.4 Å². The maximum atomic E-state index is 13.0. The number of aromatic nitrogens is 3. The Morgan fingerprint density at radius 3 is 2.62 bits per heavy atom. The lowest BCUT2D eigenvalue weighted by molar-refractivity contribution is -0.120. The Morgan fingerprint density at radius 1 is 0.969 bits per heavy atom.